The molecule has 1 aromatic heterocycles. The van der Waals surface area contributed by atoms with Gasteiger partial charge in [0.2, 0.25) is 0 Å². The molecule has 2 aromatic rings. The predicted molar refractivity (Wildman–Crippen MR) is 80.3 cm³/mol. The van der Waals surface area contributed by atoms with Crippen LogP contribution in [-0.4, -0.2) is 15.9 Å². The van der Waals surface area contributed by atoms with Crippen LogP contribution in [0.25, 0.3) is 0 Å². The van der Waals surface area contributed by atoms with E-state index in [-0.39, 0.29) is 0 Å². The summed E-state index contributed by atoms with van der Waals surface area (Å²) in [5.74, 6) is 0. The first-order valence-corrected chi connectivity index (χ1v) is 8.06. The molecular formula is C12H14BrN3S2. The summed E-state index contributed by atoms with van der Waals surface area (Å²) in [6, 6.07) is 6.81. The molecule has 1 unspecified atom stereocenters. The summed E-state index contributed by atoms with van der Waals surface area (Å²) in [7, 11) is 0. The van der Waals surface area contributed by atoms with Crippen molar-refractivity contribution in [3.05, 3.63) is 34.6 Å². The first-order valence-electron chi connectivity index (χ1n) is 5.68. The highest BCUT2D eigenvalue weighted by molar-refractivity contribution is 9.10. The highest BCUT2D eigenvalue weighted by Gasteiger charge is 2.09. The standard InChI is InChI=1S/C12H14BrN3S2/c1-3-14-8(2)9-4-5-11(10(13)6-9)17-12-15-7-16-18-12/h4-8,14H,3H2,1-2H3. The van der Waals surface area contributed by atoms with E-state index in [0.29, 0.717) is 6.04 Å². The zero-order valence-electron chi connectivity index (χ0n) is 10.2. The Balaban J connectivity index is 2.14. The van der Waals surface area contributed by atoms with E-state index >= 15 is 0 Å². The van der Waals surface area contributed by atoms with E-state index in [4.69, 9.17) is 0 Å². The van der Waals surface area contributed by atoms with E-state index in [2.05, 4.69) is 62.7 Å². The molecule has 3 nitrogen and oxygen atoms in total. The van der Waals surface area contributed by atoms with E-state index in [1.807, 2.05) is 0 Å². The van der Waals surface area contributed by atoms with Crippen molar-refractivity contribution >= 4 is 39.2 Å². The lowest BCUT2D eigenvalue weighted by Gasteiger charge is -2.14. The third-order valence-electron chi connectivity index (χ3n) is 2.50. The van der Waals surface area contributed by atoms with Crippen LogP contribution in [0.2, 0.25) is 0 Å². The van der Waals surface area contributed by atoms with Crippen LogP contribution in [0.15, 0.2) is 38.2 Å². The second-order valence-corrected chi connectivity index (χ2v) is 6.70. The summed E-state index contributed by atoms with van der Waals surface area (Å²) in [5.41, 5.74) is 1.28. The molecule has 6 heteroatoms. The number of aromatic nitrogens is 2. The van der Waals surface area contributed by atoms with Crippen molar-refractivity contribution < 1.29 is 0 Å². The molecular weight excluding hydrogens is 330 g/mol. The third-order valence-corrected chi connectivity index (χ3v) is 5.21. The minimum Gasteiger partial charge on any atom is -0.310 e. The predicted octanol–water partition coefficient (Wildman–Crippen LogP) is 4.12. The molecule has 1 heterocycles. The van der Waals surface area contributed by atoms with Crippen LogP contribution < -0.4 is 5.32 Å². The maximum atomic E-state index is 4.18. The Morgan fingerprint density at radius 2 is 2.33 bits per heavy atom. The molecule has 0 aliphatic rings. The summed E-state index contributed by atoms with van der Waals surface area (Å²) in [5, 5.41) is 3.41. The van der Waals surface area contributed by atoms with Crippen LogP contribution in [0.4, 0.5) is 0 Å². The van der Waals surface area contributed by atoms with Gasteiger partial charge in [0.05, 0.1) is 0 Å². The highest BCUT2D eigenvalue weighted by Crippen LogP contribution is 2.35. The minimum absolute atomic E-state index is 0.367. The van der Waals surface area contributed by atoms with Gasteiger partial charge in [-0.25, -0.2) is 4.98 Å². The number of hydrogen-bond acceptors (Lipinski definition) is 5. The second kappa shape index (κ2) is 6.65. The summed E-state index contributed by atoms with van der Waals surface area (Å²) < 4.78 is 6.07. The Morgan fingerprint density at radius 1 is 1.50 bits per heavy atom. The lowest BCUT2D eigenvalue weighted by atomic mass is 10.1. The molecule has 0 aliphatic carbocycles. The Morgan fingerprint density at radius 3 is 2.94 bits per heavy atom. The zero-order chi connectivity index (χ0) is 13.0. The van der Waals surface area contributed by atoms with E-state index < -0.39 is 0 Å². The molecule has 0 radical (unpaired) electrons. The van der Waals surface area contributed by atoms with Crippen molar-refractivity contribution in [2.45, 2.75) is 29.1 Å². The Hall–Kier alpha value is -0.430. The van der Waals surface area contributed by atoms with Crippen molar-refractivity contribution in [1.29, 1.82) is 0 Å². The van der Waals surface area contributed by atoms with Gasteiger partial charge in [-0.1, -0.05) is 24.8 Å². The molecule has 1 atom stereocenters. The van der Waals surface area contributed by atoms with Crippen LogP contribution in [0.3, 0.4) is 0 Å². The monoisotopic (exact) mass is 343 g/mol. The molecule has 0 bridgehead atoms. The lowest BCUT2D eigenvalue weighted by molar-refractivity contribution is 0.597. The van der Waals surface area contributed by atoms with E-state index in [1.54, 1.807) is 18.1 Å². The van der Waals surface area contributed by atoms with Crippen LogP contribution in [0.5, 0.6) is 0 Å². The molecule has 0 spiro atoms. The van der Waals surface area contributed by atoms with Crippen LogP contribution in [-0.2, 0) is 0 Å². The van der Waals surface area contributed by atoms with Gasteiger partial charge in [0.25, 0.3) is 0 Å². The SMILES string of the molecule is CCNC(C)c1ccc(Sc2ncns2)c(Br)c1. The average Bonchev–Trinajstić information content (AvgIpc) is 2.85. The Labute approximate surface area is 124 Å². The minimum atomic E-state index is 0.367. The number of nitrogens with one attached hydrogen (secondary N) is 1. The van der Waals surface area contributed by atoms with Crippen molar-refractivity contribution in [2.75, 3.05) is 6.54 Å². The maximum absolute atomic E-state index is 4.18. The van der Waals surface area contributed by atoms with Gasteiger partial charge in [0.1, 0.15) is 6.33 Å². The van der Waals surface area contributed by atoms with Gasteiger partial charge in [0, 0.05) is 15.4 Å². The number of nitrogens with zero attached hydrogens (tertiary/aromatic N) is 2. The van der Waals surface area contributed by atoms with Gasteiger partial charge in [0.15, 0.2) is 4.34 Å². The van der Waals surface area contributed by atoms with Gasteiger partial charge in [-0.3, -0.25) is 0 Å². The largest absolute Gasteiger partial charge is 0.310 e. The van der Waals surface area contributed by atoms with Gasteiger partial charge < -0.3 is 5.32 Å². The smallest absolute Gasteiger partial charge is 0.174 e. The fraction of sp³-hybridized carbons (Fsp3) is 0.333. The fourth-order valence-corrected chi connectivity index (χ4v) is 3.64. The Bertz CT molecular complexity index is 502. The van der Waals surface area contributed by atoms with E-state index in [1.165, 1.54) is 22.0 Å². The summed E-state index contributed by atoms with van der Waals surface area (Å²) in [4.78, 5) is 5.34. The van der Waals surface area contributed by atoms with Crippen molar-refractivity contribution in [1.82, 2.24) is 14.7 Å². The molecule has 0 aliphatic heterocycles. The number of hydrogen-bond donors (Lipinski definition) is 1. The molecule has 0 saturated heterocycles. The molecule has 0 fully saturated rings. The van der Waals surface area contributed by atoms with E-state index in [0.717, 1.165) is 15.4 Å². The quantitative estimate of drug-likeness (QED) is 0.885. The van der Waals surface area contributed by atoms with Crippen molar-refractivity contribution in [3.63, 3.8) is 0 Å². The number of halogens is 1. The van der Waals surface area contributed by atoms with Gasteiger partial charge >= 0.3 is 0 Å². The highest BCUT2D eigenvalue weighted by atomic mass is 79.9. The van der Waals surface area contributed by atoms with Gasteiger partial charge in [-0.15, -0.1) is 0 Å². The summed E-state index contributed by atoms with van der Waals surface area (Å²) in [6.07, 6.45) is 1.59. The zero-order valence-corrected chi connectivity index (χ0v) is 13.4. The van der Waals surface area contributed by atoms with Crippen LogP contribution >= 0.6 is 39.2 Å². The Kier molecular flexibility index (Phi) is 5.17. The third kappa shape index (κ3) is 3.54. The summed E-state index contributed by atoms with van der Waals surface area (Å²) >= 11 is 6.67. The van der Waals surface area contributed by atoms with E-state index in [9.17, 15) is 0 Å². The first kappa shape index (κ1) is 14.0. The summed E-state index contributed by atoms with van der Waals surface area (Å²) in [6.45, 7) is 5.26. The number of benzene rings is 1. The lowest BCUT2D eigenvalue weighted by Crippen LogP contribution is -2.17. The van der Waals surface area contributed by atoms with Gasteiger partial charge in [-0.2, -0.15) is 4.37 Å². The second-order valence-electron chi connectivity index (χ2n) is 3.78. The molecule has 0 amide bonds. The maximum Gasteiger partial charge on any atom is 0.174 e. The molecule has 1 aromatic carbocycles. The molecule has 18 heavy (non-hydrogen) atoms. The van der Waals surface area contributed by atoms with Crippen molar-refractivity contribution in [3.8, 4) is 0 Å². The normalized spacial score (nSPS) is 12.6. The van der Waals surface area contributed by atoms with Crippen LogP contribution in [0, 0.1) is 0 Å². The molecule has 0 saturated carbocycles. The van der Waals surface area contributed by atoms with Gasteiger partial charge in [-0.05, 0) is 58.6 Å². The molecule has 96 valence electrons. The first-order chi connectivity index (χ1) is 8.70. The number of rotatable bonds is 5. The van der Waals surface area contributed by atoms with Crippen molar-refractivity contribution in [2.24, 2.45) is 0 Å². The fourth-order valence-electron chi connectivity index (χ4n) is 1.60. The average molecular weight is 344 g/mol. The topological polar surface area (TPSA) is 37.8 Å². The van der Waals surface area contributed by atoms with Crippen LogP contribution in [0.1, 0.15) is 25.5 Å². The molecule has 1 N–H and O–H groups in total. The molecule has 2 rings (SSSR count).